The Labute approximate surface area is 180 Å². The number of para-hydroxylation sites is 1. The lowest BCUT2D eigenvalue weighted by Crippen LogP contribution is -2.25. The molecule has 2 heterocycles. The summed E-state index contributed by atoms with van der Waals surface area (Å²) in [6, 6.07) is 13.9. The van der Waals surface area contributed by atoms with Crippen molar-refractivity contribution in [2.75, 3.05) is 5.32 Å². The van der Waals surface area contributed by atoms with Crippen LogP contribution in [0, 0.1) is 18.3 Å². The Kier molecular flexibility index (Phi) is 6.01. The fraction of sp³-hybridized carbons (Fsp3) is 0.333. The second kappa shape index (κ2) is 8.85. The lowest BCUT2D eigenvalue weighted by atomic mass is 9.95. The lowest BCUT2D eigenvalue weighted by Gasteiger charge is -2.19. The number of pyridine rings is 2. The van der Waals surface area contributed by atoms with Gasteiger partial charge in [0.1, 0.15) is 11.1 Å². The number of nitrogens with one attached hydrogen (secondary N) is 1. The van der Waals surface area contributed by atoms with E-state index < -0.39 is 0 Å². The van der Waals surface area contributed by atoms with Crippen molar-refractivity contribution in [2.24, 2.45) is 0 Å². The first-order valence-electron chi connectivity index (χ1n) is 10.4. The summed E-state index contributed by atoms with van der Waals surface area (Å²) in [5.74, 6) is -0.0818. The summed E-state index contributed by atoms with van der Waals surface area (Å²) in [5.41, 5.74) is 5.30. The second-order valence-electron chi connectivity index (χ2n) is 7.60. The quantitative estimate of drug-likeness (QED) is 0.579. The average molecular weight is 417 g/mol. The van der Waals surface area contributed by atoms with Crippen LogP contribution in [-0.4, -0.2) is 21.1 Å². The smallest absolute Gasteiger partial charge is 0.237 e. The highest BCUT2D eigenvalue weighted by Crippen LogP contribution is 2.32. The first-order valence-corrected chi connectivity index (χ1v) is 11.2. The highest BCUT2D eigenvalue weighted by atomic mass is 32.2. The largest absolute Gasteiger partial charge is 0.324 e. The number of benzene rings is 1. The summed E-state index contributed by atoms with van der Waals surface area (Å²) in [7, 11) is 0. The molecule has 0 saturated heterocycles. The Bertz CT molecular complexity index is 1150. The first-order chi connectivity index (χ1) is 14.6. The summed E-state index contributed by atoms with van der Waals surface area (Å²) in [6.45, 7) is 3.90. The maximum absolute atomic E-state index is 13.1. The molecule has 3 aromatic rings. The molecule has 0 fully saturated rings. The van der Waals surface area contributed by atoms with Gasteiger partial charge >= 0.3 is 0 Å². The van der Waals surface area contributed by atoms with Crippen LogP contribution in [0.3, 0.4) is 0 Å². The molecule has 1 unspecified atom stereocenters. The predicted octanol–water partition coefficient (Wildman–Crippen LogP) is 5.20. The maximum Gasteiger partial charge on any atom is 0.237 e. The van der Waals surface area contributed by atoms with Crippen LogP contribution in [-0.2, 0) is 17.6 Å². The number of carbonyl (C=O) groups excluding carboxylic acids is 1. The fourth-order valence-electron chi connectivity index (χ4n) is 3.87. The van der Waals surface area contributed by atoms with Crippen molar-refractivity contribution < 1.29 is 4.79 Å². The van der Waals surface area contributed by atoms with Crippen LogP contribution in [0.4, 0.5) is 5.69 Å². The van der Waals surface area contributed by atoms with Crippen LogP contribution in [0.5, 0.6) is 0 Å². The molecule has 0 spiro atoms. The molecule has 1 aromatic carbocycles. The molecule has 6 heteroatoms. The van der Waals surface area contributed by atoms with E-state index in [1.54, 1.807) is 0 Å². The molecule has 0 radical (unpaired) electrons. The van der Waals surface area contributed by atoms with Crippen LogP contribution < -0.4 is 5.32 Å². The van der Waals surface area contributed by atoms with E-state index in [0.717, 1.165) is 53.7 Å². The van der Waals surface area contributed by atoms with Gasteiger partial charge in [-0.1, -0.05) is 36.9 Å². The summed E-state index contributed by atoms with van der Waals surface area (Å²) in [4.78, 5) is 22.4. The number of rotatable bonds is 5. The van der Waals surface area contributed by atoms with Crippen LogP contribution in [0.25, 0.3) is 10.9 Å². The van der Waals surface area contributed by atoms with Gasteiger partial charge in [0.25, 0.3) is 0 Å². The molecule has 1 atom stereocenters. The maximum atomic E-state index is 13.1. The number of thioether (sulfide) groups is 1. The first kappa shape index (κ1) is 20.4. The van der Waals surface area contributed by atoms with Gasteiger partial charge in [-0.15, -0.1) is 0 Å². The monoisotopic (exact) mass is 416 g/mol. The molecule has 0 aliphatic heterocycles. The molecule has 152 valence electrons. The van der Waals surface area contributed by atoms with Gasteiger partial charge in [0.15, 0.2) is 0 Å². The van der Waals surface area contributed by atoms with Gasteiger partial charge in [-0.25, -0.2) is 4.98 Å². The SMILES string of the molecule is CCC(Sc1nc2c(cc1C#N)CCCC2)C(=O)Nc1cc(C)nc2ccccc12. The molecule has 1 amide bonds. The third-order valence-electron chi connectivity index (χ3n) is 5.41. The van der Waals surface area contributed by atoms with Crippen molar-refractivity contribution in [1.29, 1.82) is 5.26 Å². The van der Waals surface area contributed by atoms with E-state index >= 15 is 0 Å². The van der Waals surface area contributed by atoms with Crippen LogP contribution >= 0.6 is 11.8 Å². The number of anilines is 1. The number of amides is 1. The van der Waals surface area contributed by atoms with Crippen LogP contribution in [0.2, 0.25) is 0 Å². The Morgan fingerprint density at radius 2 is 2.03 bits per heavy atom. The molecule has 1 N–H and O–H groups in total. The minimum absolute atomic E-state index is 0.0818. The number of carbonyl (C=O) groups is 1. The molecule has 1 aliphatic rings. The van der Waals surface area contributed by atoms with Crippen molar-refractivity contribution in [3.05, 3.63) is 58.9 Å². The third-order valence-corrected chi connectivity index (χ3v) is 6.77. The van der Waals surface area contributed by atoms with Crippen molar-refractivity contribution in [3.63, 3.8) is 0 Å². The van der Waals surface area contributed by atoms with E-state index in [0.29, 0.717) is 17.0 Å². The Morgan fingerprint density at radius 3 is 2.83 bits per heavy atom. The summed E-state index contributed by atoms with van der Waals surface area (Å²) < 4.78 is 0. The molecule has 0 saturated carbocycles. The lowest BCUT2D eigenvalue weighted by molar-refractivity contribution is -0.115. The van der Waals surface area contributed by atoms with Gasteiger partial charge in [0, 0.05) is 16.8 Å². The number of hydrogen-bond acceptors (Lipinski definition) is 5. The van der Waals surface area contributed by atoms with Gasteiger partial charge in [0.2, 0.25) is 5.91 Å². The molecule has 0 bridgehead atoms. The third kappa shape index (κ3) is 4.17. The van der Waals surface area contributed by atoms with Gasteiger partial charge in [-0.3, -0.25) is 9.78 Å². The van der Waals surface area contributed by atoms with Crippen LogP contribution in [0.15, 0.2) is 41.4 Å². The Balaban J connectivity index is 1.60. The molecular formula is C24H24N4OS. The highest BCUT2D eigenvalue weighted by Gasteiger charge is 2.23. The van der Waals surface area contributed by atoms with E-state index in [-0.39, 0.29) is 11.2 Å². The van der Waals surface area contributed by atoms with Gasteiger partial charge < -0.3 is 5.32 Å². The normalized spacial score (nSPS) is 14.0. The highest BCUT2D eigenvalue weighted by molar-refractivity contribution is 8.00. The van der Waals surface area contributed by atoms with Crippen molar-refractivity contribution in [3.8, 4) is 6.07 Å². The van der Waals surface area contributed by atoms with E-state index in [1.165, 1.54) is 17.3 Å². The van der Waals surface area contributed by atoms with Crippen molar-refractivity contribution in [2.45, 2.75) is 56.2 Å². The van der Waals surface area contributed by atoms with Crippen molar-refractivity contribution >= 4 is 34.3 Å². The standard InChI is InChI=1S/C24H24N4OS/c1-3-22(30-24-17(14-25)13-16-8-4-6-10-19(16)28-24)23(29)27-21-12-15(2)26-20-11-7-5-9-18(20)21/h5,7,9,11-13,22H,3-4,6,8,10H2,1-2H3,(H,26,27,29). The molecular weight excluding hydrogens is 392 g/mol. The number of nitrogens with zero attached hydrogens (tertiary/aromatic N) is 3. The molecule has 5 nitrogen and oxygen atoms in total. The Morgan fingerprint density at radius 1 is 1.23 bits per heavy atom. The van der Waals surface area contributed by atoms with Gasteiger partial charge in [-0.2, -0.15) is 5.26 Å². The van der Waals surface area contributed by atoms with E-state index in [9.17, 15) is 10.1 Å². The number of hydrogen-bond donors (Lipinski definition) is 1. The van der Waals surface area contributed by atoms with E-state index in [2.05, 4.69) is 16.4 Å². The number of nitriles is 1. The zero-order valence-electron chi connectivity index (χ0n) is 17.2. The topological polar surface area (TPSA) is 78.7 Å². The Hall–Kier alpha value is -2.91. The molecule has 2 aromatic heterocycles. The molecule has 4 rings (SSSR count). The van der Waals surface area contributed by atoms with E-state index in [4.69, 9.17) is 4.98 Å². The second-order valence-corrected chi connectivity index (χ2v) is 8.79. The number of aryl methyl sites for hydroxylation is 3. The zero-order valence-corrected chi connectivity index (χ0v) is 18.1. The molecule has 1 aliphatic carbocycles. The molecule has 30 heavy (non-hydrogen) atoms. The summed E-state index contributed by atoms with van der Waals surface area (Å²) in [5, 5.41) is 13.9. The predicted molar refractivity (Wildman–Crippen MR) is 121 cm³/mol. The van der Waals surface area contributed by atoms with E-state index in [1.807, 2.05) is 50.2 Å². The zero-order chi connectivity index (χ0) is 21.1. The van der Waals surface area contributed by atoms with Gasteiger partial charge in [-0.05, 0) is 62.8 Å². The average Bonchev–Trinajstić information content (AvgIpc) is 2.76. The number of fused-ring (bicyclic) bond motifs is 2. The van der Waals surface area contributed by atoms with Crippen LogP contribution in [0.1, 0.15) is 48.7 Å². The minimum Gasteiger partial charge on any atom is -0.324 e. The van der Waals surface area contributed by atoms with Crippen molar-refractivity contribution in [1.82, 2.24) is 9.97 Å². The summed E-state index contributed by atoms with van der Waals surface area (Å²) in [6.07, 6.45) is 4.84. The van der Waals surface area contributed by atoms with Gasteiger partial charge in [0.05, 0.1) is 22.0 Å². The number of aromatic nitrogens is 2. The fourth-order valence-corrected chi connectivity index (χ4v) is 4.86. The minimum atomic E-state index is -0.335. The summed E-state index contributed by atoms with van der Waals surface area (Å²) >= 11 is 1.39.